The fourth-order valence-electron chi connectivity index (χ4n) is 1.75. The van der Waals surface area contributed by atoms with E-state index in [0.29, 0.717) is 0 Å². The second-order valence-corrected chi connectivity index (χ2v) is 6.53. The molecule has 20 heavy (non-hydrogen) atoms. The summed E-state index contributed by atoms with van der Waals surface area (Å²) in [4.78, 5) is 11.9. The fraction of sp³-hybridized carbons (Fsp3) is 0.438. The second-order valence-electron chi connectivity index (χ2n) is 5.62. The Hall–Kier alpha value is -1.29. The van der Waals surface area contributed by atoms with E-state index >= 15 is 0 Å². The maximum atomic E-state index is 11.9. The van der Waals surface area contributed by atoms with Crippen LogP contribution in [0.5, 0.6) is 0 Å². The highest BCUT2D eigenvalue weighted by molar-refractivity contribution is 9.10. The van der Waals surface area contributed by atoms with Gasteiger partial charge < -0.3 is 10.1 Å². The van der Waals surface area contributed by atoms with Crippen molar-refractivity contribution >= 4 is 22.0 Å². The molecule has 1 amide bonds. The summed E-state index contributed by atoms with van der Waals surface area (Å²) < 4.78 is 6.32. The zero-order valence-corrected chi connectivity index (χ0v) is 13.9. The quantitative estimate of drug-likeness (QED) is 0.768. The van der Waals surface area contributed by atoms with Gasteiger partial charge in [-0.1, -0.05) is 34.1 Å². The maximum Gasteiger partial charge on any atom is 0.408 e. The van der Waals surface area contributed by atoms with Crippen LogP contribution >= 0.6 is 15.9 Å². The third kappa shape index (κ3) is 6.24. The zero-order chi connectivity index (χ0) is 15.2. The molecule has 0 unspecified atom stereocenters. The van der Waals surface area contributed by atoms with Gasteiger partial charge in [0.15, 0.2) is 0 Å². The van der Waals surface area contributed by atoms with E-state index in [-0.39, 0.29) is 6.04 Å². The molecule has 110 valence electrons. The van der Waals surface area contributed by atoms with Crippen molar-refractivity contribution in [3.8, 4) is 0 Å². The number of allylic oxidation sites excluding steroid dienone is 1. The van der Waals surface area contributed by atoms with Crippen LogP contribution < -0.4 is 5.32 Å². The van der Waals surface area contributed by atoms with Crippen molar-refractivity contribution in [1.29, 1.82) is 0 Å². The lowest BCUT2D eigenvalue weighted by Gasteiger charge is -2.23. The average molecular weight is 340 g/mol. The van der Waals surface area contributed by atoms with E-state index < -0.39 is 11.7 Å². The van der Waals surface area contributed by atoms with E-state index in [1.807, 2.05) is 51.1 Å². The van der Waals surface area contributed by atoms with Crippen LogP contribution in [0.25, 0.3) is 0 Å². The van der Waals surface area contributed by atoms with Gasteiger partial charge in [0.1, 0.15) is 5.60 Å². The van der Waals surface area contributed by atoms with Crippen molar-refractivity contribution in [2.24, 2.45) is 0 Å². The van der Waals surface area contributed by atoms with Gasteiger partial charge in [-0.15, -0.1) is 6.58 Å². The van der Waals surface area contributed by atoms with Crippen LogP contribution in [0.1, 0.15) is 45.2 Å². The topological polar surface area (TPSA) is 38.3 Å². The van der Waals surface area contributed by atoms with Gasteiger partial charge in [0, 0.05) is 4.47 Å². The lowest BCUT2D eigenvalue weighted by molar-refractivity contribution is 0.0501. The number of ether oxygens (including phenoxy) is 1. The lowest BCUT2D eigenvalue weighted by atomic mass is 10.0. The summed E-state index contributed by atoms with van der Waals surface area (Å²) in [7, 11) is 0. The average Bonchev–Trinajstić information content (AvgIpc) is 2.33. The molecule has 0 aromatic heterocycles. The Labute approximate surface area is 129 Å². The Balaban J connectivity index is 2.76. The van der Waals surface area contributed by atoms with Crippen molar-refractivity contribution in [3.05, 3.63) is 47.0 Å². The molecule has 0 spiro atoms. The first-order chi connectivity index (χ1) is 9.31. The standard InChI is InChI=1S/C16H22BrNO2/c1-5-6-7-14(12-8-10-13(17)11-9-12)18-15(19)20-16(2,3)4/h5,8-11,14H,1,6-7H2,2-4H3,(H,18,19)/t14-/m1/s1. The number of hydrogen-bond donors (Lipinski definition) is 1. The van der Waals surface area contributed by atoms with Crippen LogP contribution in [-0.4, -0.2) is 11.7 Å². The van der Waals surface area contributed by atoms with Gasteiger partial charge >= 0.3 is 6.09 Å². The monoisotopic (exact) mass is 339 g/mol. The highest BCUT2D eigenvalue weighted by Gasteiger charge is 2.20. The maximum absolute atomic E-state index is 11.9. The molecule has 0 aliphatic heterocycles. The van der Waals surface area contributed by atoms with Gasteiger partial charge in [0.05, 0.1) is 6.04 Å². The second kappa shape index (κ2) is 7.48. The fourth-order valence-corrected chi connectivity index (χ4v) is 2.02. The number of rotatable bonds is 5. The van der Waals surface area contributed by atoms with E-state index in [4.69, 9.17) is 4.74 Å². The van der Waals surface area contributed by atoms with E-state index in [1.54, 1.807) is 0 Å². The first-order valence-electron chi connectivity index (χ1n) is 6.67. The Kier molecular flexibility index (Phi) is 6.27. The number of nitrogens with one attached hydrogen (secondary N) is 1. The van der Waals surface area contributed by atoms with Crippen molar-refractivity contribution in [2.45, 2.75) is 45.3 Å². The molecule has 0 fully saturated rings. The van der Waals surface area contributed by atoms with Gasteiger partial charge in [0.25, 0.3) is 0 Å². The lowest BCUT2D eigenvalue weighted by Crippen LogP contribution is -2.35. The third-order valence-corrected chi connectivity index (χ3v) is 3.15. The number of carbonyl (C=O) groups is 1. The molecule has 1 atom stereocenters. The van der Waals surface area contributed by atoms with Crippen LogP contribution in [0.3, 0.4) is 0 Å². The minimum atomic E-state index is -0.493. The van der Waals surface area contributed by atoms with E-state index in [1.165, 1.54) is 0 Å². The number of alkyl carbamates (subject to hydrolysis) is 1. The molecule has 1 rings (SSSR count). The summed E-state index contributed by atoms with van der Waals surface area (Å²) >= 11 is 3.41. The molecule has 1 aromatic carbocycles. The Morgan fingerprint density at radius 3 is 2.50 bits per heavy atom. The summed E-state index contributed by atoms with van der Waals surface area (Å²) in [5.74, 6) is 0. The van der Waals surface area contributed by atoms with E-state index in [9.17, 15) is 4.79 Å². The first kappa shape index (κ1) is 16.8. The molecule has 0 saturated carbocycles. The summed E-state index contributed by atoms with van der Waals surface area (Å²) in [6.07, 6.45) is 3.08. The first-order valence-corrected chi connectivity index (χ1v) is 7.47. The molecule has 1 N–H and O–H groups in total. The molecule has 3 nitrogen and oxygen atoms in total. The van der Waals surface area contributed by atoms with Crippen molar-refractivity contribution in [3.63, 3.8) is 0 Å². The number of amides is 1. The smallest absolute Gasteiger partial charge is 0.408 e. The molecule has 0 aliphatic carbocycles. The minimum Gasteiger partial charge on any atom is -0.444 e. The number of hydrogen-bond acceptors (Lipinski definition) is 2. The van der Waals surface area contributed by atoms with Crippen LogP contribution in [0.2, 0.25) is 0 Å². The van der Waals surface area contributed by atoms with Gasteiger partial charge in [0.2, 0.25) is 0 Å². The molecule has 0 heterocycles. The largest absolute Gasteiger partial charge is 0.444 e. The highest BCUT2D eigenvalue weighted by Crippen LogP contribution is 2.22. The molecular formula is C16H22BrNO2. The van der Waals surface area contributed by atoms with Gasteiger partial charge in [-0.25, -0.2) is 4.79 Å². The van der Waals surface area contributed by atoms with Crippen LogP contribution in [0, 0.1) is 0 Å². The van der Waals surface area contributed by atoms with Crippen molar-refractivity contribution in [1.82, 2.24) is 5.32 Å². The van der Waals surface area contributed by atoms with Crippen molar-refractivity contribution < 1.29 is 9.53 Å². The van der Waals surface area contributed by atoms with E-state index in [2.05, 4.69) is 27.8 Å². The van der Waals surface area contributed by atoms with Crippen molar-refractivity contribution in [2.75, 3.05) is 0 Å². The van der Waals surface area contributed by atoms with Crippen LogP contribution in [0.4, 0.5) is 4.79 Å². The summed E-state index contributed by atoms with van der Waals surface area (Å²) in [5.41, 5.74) is 0.563. The Bertz CT molecular complexity index is 449. The Morgan fingerprint density at radius 1 is 1.40 bits per heavy atom. The van der Waals surface area contributed by atoms with Gasteiger partial charge in [-0.3, -0.25) is 0 Å². The number of benzene rings is 1. The van der Waals surface area contributed by atoms with Crippen LogP contribution in [0.15, 0.2) is 41.4 Å². The zero-order valence-electron chi connectivity index (χ0n) is 12.3. The molecule has 0 saturated heterocycles. The molecular weight excluding hydrogens is 318 g/mol. The third-order valence-electron chi connectivity index (χ3n) is 2.62. The molecule has 1 aromatic rings. The van der Waals surface area contributed by atoms with E-state index in [0.717, 1.165) is 22.9 Å². The predicted octanol–water partition coefficient (Wildman–Crippen LogP) is 4.98. The molecule has 0 radical (unpaired) electrons. The summed E-state index contributed by atoms with van der Waals surface area (Å²) in [5, 5.41) is 2.92. The van der Waals surface area contributed by atoms with Crippen LogP contribution in [-0.2, 0) is 4.74 Å². The molecule has 0 aliphatic rings. The number of carbonyl (C=O) groups excluding carboxylic acids is 1. The molecule has 4 heteroatoms. The SMILES string of the molecule is C=CCC[C@@H](NC(=O)OC(C)(C)C)c1ccc(Br)cc1. The normalized spacial score (nSPS) is 12.6. The van der Waals surface area contributed by atoms with Gasteiger partial charge in [-0.05, 0) is 51.3 Å². The highest BCUT2D eigenvalue weighted by atomic mass is 79.9. The predicted molar refractivity (Wildman–Crippen MR) is 85.7 cm³/mol. The van der Waals surface area contributed by atoms with Gasteiger partial charge in [-0.2, -0.15) is 0 Å². The number of halogens is 1. The summed E-state index contributed by atoms with van der Waals surface area (Å²) in [6, 6.07) is 7.85. The minimum absolute atomic E-state index is 0.0732. The Morgan fingerprint density at radius 2 is 2.00 bits per heavy atom. The molecule has 0 bridgehead atoms. The summed E-state index contributed by atoms with van der Waals surface area (Å²) in [6.45, 7) is 9.28.